The van der Waals surface area contributed by atoms with Crippen LogP contribution in [-0.2, 0) is 22.6 Å². The lowest BCUT2D eigenvalue weighted by Gasteiger charge is -2.37. The van der Waals surface area contributed by atoms with Gasteiger partial charge in [0.05, 0.1) is 5.88 Å². The number of hydrogen-bond acceptors (Lipinski definition) is 6. The second-order valence-electron chi connectivity index (χ2n) is 6.19. The van der Waals surface area contributed by atoms with Crippen molar-refractivity contribution < 1.29 is 27.1 Å². The molecule has 0 saturated carbocycles. The maximum absolute atomic E-state index is 14.4. The molecule has 0 radical (unpaired) electrons. The predicted octanol–water partition coefficient (Wildman–Crippen LogP) is 3.17. The fourth-order valence-corrected chi connectivity index (χ4v) is 2.85. The van der Waals surface area contributed by atoms with E-state index in [1.807, 2.05) is 0 Å². The number of Topliss-reactive ketones (excluding diaryl/α,β-unsaturated/α-hetero) is 1. The standard InChI is InChI=1S/C17H15ClF3N3O3/c1-16(17(20,21)8-27-15(22)24-16)10-4-9(2-3-11(10)19)5-13(25)12-7-26-14(6-18)23-12/h2-4,7H,5-6,8H2,1H3,(H2,22,24)/t16-/m1/s1. The van der Waals surface area contributed by atoms with E-state index in [1.54, 1.807) is 0 Å². The number of halogens is 4. The van der Waals surface area contributed by atoms with Crippen LogP contribution in [-0.4, -0.2) is 29.3 Å². The first-order valence-electron chi connectivity index (χ1n) is 7.84. The number of carbonyl (C=O) groups excluding carboxylic acids is 1. The number of hydrogen-bond donors (Lipinski definition) is 1. The van der Waals surface area contributed by atoms with Gasteiger partial charge in [-0.1, -0.05) is 6.07 Å². The fraction of sp³-hybridized carbons (Fsp3) is 0.353. The number of carbonyl (C=O) groups is 1. The number of amidine groups is 1. The van der Waals surface area contributed by atoms with Gasteiger partial charge in [0.25, 0.3) is 6.02 Å². The molecular formula is C17H15ClF3N3O3. The second kappa shape index (κ2) is 6.88. The molecule has 0 fully saturated rings. The molecule has 144 valence electrons. The van der Waals surface area contributed by atoms with Crippen LogP contribution in [0.2, 0.25) is 0 Å². The molecule has 1 aromatic carbocycles. The molecule has 1 aromatic heterocycles. The van der Waals surface area contributed by atoms with Gasteiger partial charge in [0.2, 0.25) is 5.89 Å². The summed E-state index contributed by atoms with van der Waals surface area (Å²) in [4.78, 5) is 19.9. The molecule has 0 amide bonds. The van der Waals surface area contributed by atoms with E-state index in [9.17, 15) is 18.0 Å². The van der Waals surface area contributed by atoms with Crippen LogP contribution in [0.3, 0.4) is 0 Å². The Bertz CT molecular complexity index is 916. The Labute approximate surface area is 157 Å². The lowest BCUT2D eigenvalue weighted by molar-refractivity contribution is -0.117. The number of nitrogens with zero attached hydrogens (tertiary/aromatic N) is 2. The van der Waals surface area contributed by atoms with Crippen LogP contribution < -0.4 is 5.73 Å². The second-order valence-corrected chi connectivity index (χ2v) is 6.46. The maximum Gasteiger partial charge on any atom is 0.310 e. The average Bonchev–Trinajstić information content (AvgIpc) is 3.10. The van der Waals surface area contributed by atoms with Crippen LogP contribution in [0.1, 0.15) is 34.4 Å². The molecular weight excluding hydrogens is 387 g/mol. The molecule has 1 aliphatic heterocycles. The fourth-order valence-electron chi connectivity index (χ4n) is 2.73. The molecule has 2 N–H and O–H groups in total. The average molecular weight is 402 g/mol. The number of ether oxygens (including phenoxy) is 1. The molecule has 0 bridgehead atoms. The number of ketones is 1. The van der Waals surface area contributed by atoms with Crippen LogP contribution in [0.25, 0.3) is 0 Å². The summed E-state index contributed by atoms with van der Waals surface area (Å²) in [5.41, 5.74) is 3.12. The lowest BCUT2D eigenvalue weighted by atomic mass is 9.84. The van der Waals surface area contributed by atoms with Crippen molar-refractivity contribution in [2.75, 3.05) is 6.61 Å². The first-order valence-corrected chi connectivity index (χ1v) is 8.38. The molecule has 0 aliphatic carbocycles. The minimum absolute atomic E-state index is 0.00289. The first kappa shape index (κ1) is 19.2. The van der Waals surface area contributed by atoms with Crippen molar-refractivity contribution in [2.24, 2.45) is 10.7 Å². The summed E-state index contributed by atoms with van der Waals surface area (Å²) in [6, 6.07) is 3.05. The molecule has 1 atom stereocenters. The smallest absolute Gasteiger partial charge is 0.310 e. The third-order valence-corrected chi connectivity index (χ3v) is 4.55. The van der Waals surface area contributed by atoms with Crippen molar-refractivity contribution in [1.82, 2.24) is 4.98 Å². The maximum atomic E-state index is 14.4. The Hall–Kier alpha value is -2.55. The van der Waals surface area contributed by atoms with Gasteiger partial charge in [-0.2, -0.15) is 8.78 Å². The summed E-state index contributed by atoms with van der Waals surface area (Å²) >= 11 is 5.57. The molecule has 6 nitrogen and oxygen atoms in total. The van der Waals surface area contributed by atoms with Gasteiger partial charge < -0.3 is 14.9 Å². The van der Waals surface area contributed by atoms with Gasteiger partial charge in [0.1, 0.15) is 17.8 Å². The number of aromatic nitrogens is 1. The van der Waals surface area contributed by atoms with E-state index in [0.29, 0.717) is 5.56 Å². The topological polar surface area (TPSA) is 90.7 Å². The minimum atomic E-state index is -3.50. The van der Waals surface area contributed by atoms with Crippen LogP contribution in [0.5, 0.6) is 0 Å². The van der Waals surface area contributed by atoms with E-state index in [-0.39, 0.29) is 29.4 Å². The number of oxazole rings is 1. The summed E-state index contributed by atoms with van der Waals surface area (Å²) in [6.45, 7) is 0.0400. The Morgan fingerprint density at radius 3 is 2.81 bits per heavy atom. The monoisotopic (exact) mass is 401 g/mol. The van der Waals surface area contributed by atoms with Crippen molar-refractivity contribution in [3.63, 3.8) is 0 Å². The quantitative estimate of drug-likeness (QED) is 0.613. The minimum Gasteiger partial charge on any atom is -0.459 e. The van der Waals surface area contributed by atoms with Crippen molar-refractivity contribution >= 4 is 23.4 Å². The first-order chi connectivity index (χ1) is 12.7. The molecule has 10 heteroatoms. The van der Waals surface area contributed by atoms with E-state index in [0.717, 1.165) is 19.3 Å². The van der Waals surface area contributed by atoms with Gasteiger partial charge in [-0.05, 0) is 24.6 Å². The summed E-state index contributed by atoms with van der Waals surface area (Å²) in [5, 5.41) is 0. The highest BCUT2D eigenvalue weighted by Gasteiger charge is 2.56. The molecule has 0 saturated heterocycles. The molecule has 27 heavy (non-hydrogen) atoms. The zero-order valence-electron chi connectivity index (χ0n) is 14.1. The number of nitrogens with two attached hydrogens (primary N) is 1. The van der Waals surface area contributed by atoms with E-state index in [4.69, 9.17) is 21.8 Å². The van der Waals surface area contributed by atoms with Gasteiger partial charge >= 0.3 is 5.92 Å². The zero-order chi connectivity index (χ0) is 19.8. The van der Waals surface area contributed by atoms with Crippen molar-refractivity contribution in [2.45, 2.75) is 30.7 Å². The van der Waals surface area contributed by atoms with Gasteiger partial charge in [-0.25, -0.2) is 14.4 Å². The molecule has 1 aliphatic rings. The Balaban J connectivity index is 1.95. The highest BCUT2D eigenvalue weighted by atomic mass is 35.5. The number of benzene rings is 1. The van der Waals surface area contributed by atoms with Gasteiger partial charge in [0.15, 0.2) is 17.9 Å². The summed E-state index contributed by atoms with van der Waals surface area (Å²) in [6.07, 6.45) is 0.961. The summed E-state index contributed by atoms with van der Waals surface area (Å²) in [7, 11) is 0. The van der Waals surface area contributed by atoms with E-state index in [2.05, 4.69) is 14.7 Å². The third kappa shape index (κ3) is 3.51. The van der Waals surface area contributed by atoms with Crippen LogP contribution >= 0.6 is 11.6 Å². The third-order valence-electron chi connectivity index (χ3n) is 4.32. The number of alkyl halides is 3. The van der Waals surface area contributed by atoms with E-state index >= 15 is 0 Å². The van der Waals surface area contributed by atoms with Crippen molar-refractivity contribution in [1.29, 1.82) is 0 Å². The van der Waals surface area contributed by atoms with Crippen molar-refractivity contribution in [3.05, 3.63) is 53.0 Å². The van der Waals surface area contributed by atoms with Crippen molar-refractivity contribution in [3.8, 4) is 0 Å². The number of aliphatic imine (C=N–C) groups is 1. The van der Waals surface area contributed by atoms with Crippen LogP contribution in [0.4, 0.5) is 13.2 Å². The van der Waals surface area contributed by atoms with Gasteiger partial charge in [-0.3, -0.25) is 4.79 Å². The van der Waals surface area contributed by atoms with Gasteiger partial charge in [-0.15, -0.1) is 11.6 Å². The van der Waals surface area contributed by atoms with E-state index < -0.39 is 35.7 Å². The Kier molecular flexibility index (Phi) is 4.90. The van der Waals surface area contributed by atoms with Crippen LogP contribution in [0.15, 0.2) is 33.9 Å². The van der Waals surface area contributed by atoms with E-state index in [1.165, 1.54) is 12.1 Å². The molecule has 2 heterocycles. The molecule has 0 unspecified atom stereocenters. The highest BCUT2D eigenvalue weighted by molar-refractivity contribution is 6.16. The van der Waals surface area contributed by atoms with Gasteiger partial charge in [0, 0.05) is 12.0 Å². The lowest BCUT2D eigenvalue weighted by Crippen LogP contribution is -2.51. The summed E-state index contributed by atoms with van der Waals surface area (Å²) < 4.78 is 52.8. The highest BCUT2D eigenvalue weighted by Crippen LogP contribution is 2.44. The predicted molar refractivity (Wildman–Crippen MR) is 90.4 cm³/mol. The normalized spacial score (nSPS) is 21.4. The Morgan fingerprint density at radius 2 is 2.15 bits per heavy atom. The zero-order valence-corrected chi connectivity index (χ0v) is 14.9. The summed E-state index contributed by atoms with van der Waals surface area (Å²) in [5.74, 6) is -4.64. The van der Waals surface area contributed by atoms with Crippen LogP contribution in [0, 0.1) is 5.82 Å². The SMILES string of the molecule is C[C@]1(c2cc(CC(=O)c3coc(CCl)n3)ccc2F)N=C(N)OCC1(F)F. The largest absolute Gasteiger partial charge is 0.459 e. The molecule has 2 aromatic rings. The molecule has 0 spiro atoms. The molecule has 3 rings (SSSR count). The number of rotatable bonds is 5. The Morgan fingerprint density at radius 1 is 1.41 bits per heavy atom.